The molecule has 0 spiro atoms. The van der Waals surface area contributed by atoms with Crippen LogP contribution in [-0.4, -0.2) is 33.8 Å². The molecule has 6 N–H and O–H groups in total. The van der Waals surface area contributed by atoms with Gasteiger partial charge in [-0.3, -0.25) is 9.59 Å². The Labute approximate surface area is 201 Å². The molecule has 4 aromatic rings. The van der Waals surface area contributed by atoms with Gasteiger partial charge in [0.05, 0.1) is 25.0 Å². The van der Waals surface area contributed by atoms with E-state index in [-0.39, 0.29) is 23.9 Å². The zero-order chi connectivity index (χ0) is 24.9. The standard InChI is InChI=1S/C26H25N5O4/c1-35-21-5-3-2-4-20(21)26(34)29-14-16-6-10-18(11-7-16)23-22(25(28)33)24(27)31(30-23)19-12-8-17(15-32)9-13-19/h2-13,32H,14-15,27H2,1H3,(H2,28,33)(H,29,34). The molecule has 35 heavy (non-hydrogen) atoms. The van der Waals surface area contributed by atoms with Gasteiger partial charge in [0.1, 0.15) is 22.8 Å². The molecular formula is C26H25N5O4. The number of aliphatic hydroxyl groups excluding tert-OH is 1. The lowest BCUT2D eigenvalue weighted by Gasteiger charge is -2.09. The fourth-order valence-corrected chi connectivity index (χ4v) is 3.71. The number of aromatic nitrogens is 2. The third kappa shape index (κ3) is 4.85. The molecular weight excluding hydrogens is 446 g/mol. The Morgan fingerprint density at radius 1 is 1.00 bits per heavy atom. The van der Waals surface area contributed by atoms with Crippen molar-refractivity contribution >= 4 is 17.6 Å². The topological polar surface area (TPSA) is 145 Å². The Balaban J connectivity index is 1.56. The van der Waals surface area contributed by atoms with Crippen molar-refractivity contribution in [2.45, 2.75) is 13.2 Å². The lowest BCUT2D eigenvalue weighted by molar-refractivity contribution is 0.0946. The summed E-state index contributed by atoms with van der Waals surface area (Å²) in [6.45, 7) is 0.214. The number of nitrogens with zero attached hydrogens (tertiary/aromatic N) is 2. The molecule has 9 heteroatoms. The fourth-order valence-electron chi connectivity index (χ4n) is 3.71. The Morgan fingerprint density at radius 3 is 2.29 bits per heavy atom. The van der Waals surface area contributed by atoms with Gasteiger partial charge in [0.15, 0.2) is 0 Å². The van der Waals surface area contributed by atoms with Gasteiger partial charge in [0, 0.05) is 12.1 Å². The van der Waals surface area contributed by atoms with Gasteiger partial charge >= 0.3 is 0 Å². The number of benzene rings is 3. The number of carbonyl (C=O) groups excluding carboxylic acids is 2. The van der Waals surface area contributed by atoms with E-state index in [2.05, 4.69) is 10.4 Å². The molecule has 9 nitrogen and oxygen atoms in total. The van der Waals surface area contributed by atoms with E-state index >= 15 is 0 Å². The zero-order valence-electron chi connectivity index (χ0n) is 19.1. The molecule has 1 heterocycles. The van der Waals surface area contributed by atoms with Crippen molar-refractivity contribution in [3.05, 3.63) is 95.1 Å². The summed E-state index contributed by atoms with van der Waals surface area (Å²) in [4.78, 5) is 24.7. The molecule has 0 unspecified atom stereocenters. The number of nitrogens with two attached hydrogens (primary N) is 2. The number of ether oxygens (including phenoxy) is 1. The van der Waals surface area contributed by atoms with Gasteiger partial charge in [-0.1, -0.05) is 48.5 Å². The summed E-state index contributed by atoms with van der Waals surface area (Å²) < 4.78 is 6.68. The average molecular weight is 472 g/mol. The van der Waals surface area contributed by atoms with E-state index in [1.807, 2.05) is 12.1 Å². The van der Waals surface area contributed by atoms with Crippen LogP contribution in [0.15, 0.2) is 72.8 Å². The molecule has 0 aliphatic rings. The van der Waals surface area contributed by atoms with Crippen LogP contribution in [0.25, 0.3) is 16.9 Å². The minimum absolute atomic E-state index is 0.0850. The van der Waals surface area contributed by atoms with Crippen LogP contribution >= 0.6 is 0 Å². The normalized spacial score (nSPS) is 10.7. The van der Waals surface area contributed by atoms with Gasteiger partial charge in [0.25, 0.3) is 11.8 Å². The number of para-hydroxylation sites is 1. The number of rotatable bonds is 8. The molecule has 1 aromatic heterocycles. The summed E-state index contributed by atoms with van der Waals surface area (Å²) in [6.07, 6.45) is 0. The Hall–Kier alpha value is -4.63. The number of carbonyl (C=O) groups is 2. The highest BCUT2D eigenvalue weighted by Crippen LogP contribution is 2.29. The predicted molar refractivity (Wildman–Crippen MR) is 132 cm³/mol. The maximum atomic E-state index is 12.5. The number of nitrogens with one attached hydrogen (secondary N) is 1. The third-order valence-electron chi connectivity index (χ3n) is 5.56. The monoisotopic (exact) mass is 471 g/mol. The second kappa shape index (κ2) is 10.1. The van der Waals surface area contributed by atoms with Gasteiger partial charge in [-0.15, -0.1) is 0 Å². The Kier molecular flexibility index (Phi) is 6.79. The van der Waals surface area contributed by atoms with Crippen molar-refractivity contribution in [2.24, 2.45) is 5.73 Å². The SMILES string of the molecule is COc1ccccc1C(=O)NCc1ccc(-c2nn(-c3ccc(CO)cc3)c(N)c2C(N)=O)cc1. The third-order valence-corrected chi connectivity index (χ3v) is 5.56. The number of hydrogen-bond acceptors (Lipinski definition) is 6. The average Bonchev–Trinajstić information content (AvgIpc) is 3.24. The number of aliphatic hydroxyl groups is 1. The minimum Gasteiger partial charge on any atom is -0.496 e. The van der Waals surface area contributed by atoms with Crippen molar-refractivity contribution in [3.63, 3.8) is 0 Å². The quantitative estimate of drug-likeness (QED) is 0.311. The van der Waals surface area contributed by atoms with Crippen LogP contribution in [0.4, 0.5) is 5.82 Å². The summed E-state index contributed by atoms with van der Waals surface area (Å²) in [6, 6.07) is 21.2. The van der Waals surface area contributed by atoms with Crippen molar-refractivity contribution in [2.75, 3.05) is 12.8 Å². The van der Waals surface area contributed by atoms with Crippen molar-refractivity contribution in [1.82, 2.24) is 15.1 Å². The summed E-state index contributed by atoms with van der Waals surface area (Å²) in [5.74, 6) is -0.318. The number of nitrogen functional groups attached to an aromatic ring is 1. The maximum absolute atomic E-state index is 12.5. The molecule has 0 saturated heterocycles. The second-order valence-electron chi connectivity index (χ2n) is 7.79. The van der Waals surface area contributed by atoms with E-state index in [1.54, 1.807) is 60.7 Å². The minimum atomic E-state index is -0.691. The van der Waals surface area contributed by atoms with Gasteiger partial charge in [-0.25, -0.2) is 4.68 Å². The highest BCUT2D eigenvalue weighted by atomic mass is 16.5. The van der Waals surface area contributed by atoms with Gasteiger partial charge in [-0.05, 0) is 35.4 Å². The van der Waals surface area contributed by atoms with E-state index in [0.29, 0.717) is 34.8 Å². The van der Waals surface area contributed by atoms with Crippen LogP contribution in [0.3, 0.4) is 0 Å². The van der Waals surface area contributed by atoms with Crippen LogP contribution in [0.1, 0.15) is 31.8 Å². The van der Waals surface area contributed by atoms with Crippen molar-refractivity contribution < 1.29 is 19.4 Å². The molecule has 4 rings (SSSR count). The first-order valence-corrected chi connectivity index (χ1v) is 10.8. The molecule has 0 aliphatic heterocycles. The Morgan fingerprint density at radius 2 is 1.66 bits per heavy atom. The first-order chi connectivity index (χ1) is 16.9. The highest BCUT2D eigenvalue weighted by Gasteiger charge is 2.22. The van der Waals surface area contributed by atoms with E-state index in [4.69, 9.17) is 16.2 Å². The van der Waals surface area contributed by atoms with Crippen LogP contribution in [-0.2, 0) is 13.2 Å². The smallest absolute Gasteiger partial charge is 0.255 e. The molecule has 0 aliphatic carbocycles. The molecule has 0 saturated carbocycles. The summed E-state index contributed by atoms with van der Waals surface area (Å²) >= 11 is 0. The first kappa shape index (κ1) is 23.5. The molecule has 0 fully saturated rings. The van der Waals surface area contributed by atoms with Crippen molar-refractivity contribution in [3.8, 4) is 22.7 Å². The summed E-state index contributed by atoms with van der Waals surface area (Å²) in [5.41, 5.74) is 15.6. The molecule has 178 valence electrons. The van der Waals surface area contributed by atoms with E-state index in [1.165, 1.54) is 11.8 Å². The Bertz CT molecular complexity index is 1360. The van der Waals surface area contributed by atoms with Crippen LogP contribution in [0, 0.1) is 0 Å². The largest absolute Gasteiger partial charge is 0.496 e. The lowest BCUT2D eigenvalue weighted by atomic mass is 10.0. The number of anilines is 1. The van der Waals surface area contributed by atoms with Crippen molar-refractivity contribution in [1.29, 1.82) is 0 Å². The van der Waals surface area contributed by atoms with Crippen LogP contribution in [0.5, 0.6) is 5.75 Å². The van der Waals surface area contributed by atoms with Gasteiger partial charge in [-0.2, -0.15) is 5.10 Å². The predicted octanol–water partition coefficient (Wildman–Crippen LogP) is 2.65. The van der Waals surface area contributed by atoms with Gasteiger partial charge in [0.2, 0.25) is 0 Å². The van der Waals surface area contributed by atoms with E-state index in [9.17, 15) is 14.7 Å². The first-order valence-electron chi connectivity index (χ1n) is 10.8. The number of primary amides is 1. The molecule has 0 radical (unpaired) electrons. The number of amides is 2. The molecule has 3 aromatic carbocycles. The van der Waals surface area contributed by atoms with E-state index < -0.39 is 5.91 Å². The number of hydrogen-bond donors (Lipinski definition) is 4. The van der Waals surface area contributed by atoms with Crippen LogP contribution < -0.4 is 21.5 Å². The van der Waals surface area contributed by atoms with Crippen LogP contribution in [0.2, 0.25) is 0 Å². The zero-order valence-corrected chi connectivity index (χ0v) is 19.1. The van der Waals surface area contributed by atoms with Gasteiger partial charge < -0.3 is 26.6 Å². The molecule has 0 atom stereocenters. The summed E-state index contributed by atoms with van der Waals surface area (Å²) in [5, 5.41) is 16.7. The molecule has 0 bridgehead atoms. The lowest BCUT2D eigenvalue weighted by Crippen LogP contribution is -2.23. The number of methoxy groups -OCH3 is 1. The molecule has 2 amide bonds. The fraction of sp³-hybridized carbons (Fsp3) is 0.115. The highest BCUT2D eigenvalue weighted by molar-refractivity contribution is 6.03. The summed E-state index contributed by atoms with van der Waals surface area (Å²) in [7, 11) is 1.52. The van der Waals surface area contributed by atoms with E-state index in [0.717, 1.165) is 11.1 Å². The maximum Gasteiger partial charge on any atom is 0.255 e. The second-order valence-corrected chi connectivity index (χ2v) is 7.79.